The van der Waals surface area contributed by atoms with E-state index in [2.05, 4.69) is 0 Å². The number of hydrogen-bond donors (Lipinski definition) is 1. The van der Waals surface area contributed by atoms with Gasteiger partial charge in [-0.2, -0.15) is 0 Å². The highest BCUT2D eigenvalue weighted by atomic mass is 32.2. The van der Waals surface area contributed by atoms with Gasteiger partial charge in [-0.15, -0.1) is 0 Å². The van der Waals surface area contributed by atoms with Crippen molar-refractivity contribution < 1.29 is 29.0 Å². The van der Waals surface area contributed by atoms with Crippen LogP contribution in [0.4, 0.5) is 4.79 Å². The van der Waals surface area contributed by atoms with Gasteiger partial charge in [0.05, 0.1) is 19.1 Å². The summed E-state index contributed by atoms with van der Waals surface area (Å²) in [6.45, 7) is 0.289. The number of methoxy groups -OCH3 is 2. The Kier molecular flexibility index (Phi) is 7.38. The van der Waals surface area contributed by atoms with Gasteiger partial charge in [0.1, 0.15) is 18.0 Å². The van der Waals surface area contributed by atoms with Gasteiger partial charge in [-0.1, -0.05) is 0 Å². The lowest BCUT2D eigenvalue weighted by molar-refractivity contribution is -0.139. The highest BCUT2D eigenvalue weighted by Gasteiger charge is 2.38. The molecule has 0 saturated carbocycles. The molecule has 162 valence electrons. The molecule has 3 amide bonds. The van der Waals surface area contributed by atoms with Crippen molar-refractivity contribution in [2.24, 2.45) is 0 Å². The lowest BCUT2D eigenvalue weighted by Gasteiger charge is -2.36. The zero-order valence-corrected chi connectivity index (χ0v) is 17.9. The summed E-state index contributed by atoms with van der Waals surface area (Å²) in [7, 11) is 3.06. The zero-order chi connectivity index (χ0) is 21.7. The molecule has 0 aliphatic carbocycles. The highest BCUT2D eigenvalue weighted by molar-refractivity contribution is 8.18. The minimum atomic E-state index is -0.501. The van der Waals surface area contributed by atoms with Crippen molar-refractivity contribution >= 4 is 34.9 Å². The van der Waals surface area contributed by atoms with E-state index in [0.717, 1.165) is 35.9 Å². The van der Waals surface area contributed by atoms with E-state index in [4.69, 9.17) is 9.47 Å². The fraction of sp³-hybridized carbons (Fsp3) is 0.476. The third kappa shape index (κ3) is 4.79. The molecule has 2 aliphatic rings. The molecular formula is C21H26N2O6S. The number of carbonyl (C=O) groups excluding carboxylic acids is 3. The molecule has 1 aromatic rings. The molecule has 1 aromatic carbocycles. The second-order valence-corrected chi connectivity index (χ2v) is 8.12. The Morgan fingerprint density at radius 3 is 2.77 bits per heavy atom. The van der Waals surface area contributed by atoms with Gasteiger partial charge in [-0.3, -0.25) is 19.3 Å². The summed E-state index contributed by atoms with van der Waals surface area (Å²) < 4.78 is 10.5. The Balaban J connectivity index is 1.76. The number of piperidine rings is 1. The first-order chi connectivity index (χ1) is 14.5. The average Bonchev–Trinajstić information content (AvgIpc) is 3.01. The molecule has 1 atom stereocenters. The number of thioether (sulfide) groups is 1. The number of nitrogens with zero attached hydrogens (tertiary/aromatic N) is 2. The van der Waals surface area contributed by atoms with Crippen LogP contribution < -0.4 is 9.47 Å². The quantitative estimate of drug-likeness (QED) is 0.659. The molecule has 0 bridgehead atoms. The topological polar surface area (TPSA) is 96.4 Å². The molecule has 2 saturated heterocycles. The van der Waals surface area contributed by atoms with Crippen molar-refractivity contribution in [2.45, 2.75) is 31.7 Å². The molecule has 0 spiro atoms. The number of rotatable bonds is 7. The summed E-state index contributed by atoms with van der Waals surface area (Å²) in [4.78, 5) is 41.0. The SMILES string of the molecule is COc1ccc(OC)c(/C=C2\SC(=O)N(CC(=O)N3CCCCC3CCO)C2=O)c1. The molecule has 1 N–H and O–H groups in total. The van der Waals surface area contributed by atoms with Crippen molar-refractivity contribution in [1.82, 2.24) is 9.80 Å². The number of hydrogen-bond acceptors (Lipinski definition) is 7. The molecule has 2 heterocycles. The number of imide groups is 1. The fourth-order valence-electron chi connectivity index (χ4n) is 3.73. The van der Waals surface area contributed by atoms with E-state index in [9.17, 15) is 19.5 Å². The van der Waals surface area contributed by atoms with Crippen LogP contribution in [0, 0.1) is 0 Å². The van der Waals surface area contributed by atoms with Gasteiger partial charge in [0.2, 0.25) is 5.91 Å². The van der Waals surface area contributed by atoms with Crippen LogP contribution in [-0.4, -0.2) is 71.9 Å². The highest BCUT2D eigenvalue weighted by Crippen LogP contribution is 2.35. The van der Waals surface area contributed by atoms with Gasteiger partial charge in [-0.25, -0.2) is 0 Å². The minimum Gasteiger partial charge on any atom is -0.497 e. The summed E-state index contributed by atoms with van der Waals surface area (Å²) in [5.41, 5.74) is 0.604. The van der Waals surface area contributed by atoms with E-state index in [1.165, 1.54) is 14.2 Å². The normalized spacial score (nSPS) is 20.8. The van der Waals surface area contributed by atoms with E-state index in [0.29, 0.717) is 30.0 Å². The smallest absolute Gasteiger partial charge is 0.294 e. The molecule has 0 radical (unpaired) electrons. The summed E-state index contributed by atoms with van der Waals surface area (Å²) in [6, 6.07) is 5.12. The van der Waals surface area contributed by atoms with E-state index >= 15 is 0 Å². The third-order valence-corrected chi connectivity index (χ3v) is 6.21. The van der Waals surface area contributed by atoms with Crippen LogP contribution in [0.25, 0.3) is 6.08 Å². The van der Waals surface area contributed by atoms with Crippen molar-refractivity contribution in [3.63, 3.8) is 0 Å². The van der Waals surface area contributed by atoms with Crippen LogP contribution in [0.15, 0.2) is 23.1 Å². The molecule has 1 unspecified atom stereocenters. The first-order valence-corrected chi connectivity index (χ1v) is 10.7. The number of amides is 3. The molecule has 0 aromatic heterocycles. The average molecular weight is 435 g/mol. The molecule has 8 nitrogen and oxygen atoms in total. The lowest BCUT2D eigenvalue weighted by Crippen LogP contribution is -2.49. The molecule has 30 heavy (non-hydrogen) atoms. The van der Waals surface area contributed by atoms with Crippen molar-refractivity contribution in [2.75, 3.05) is 33.9 Å². The zero-order valence-electron chi connectivity index (χ0n) is 17.1. The second-order valence-electron chi connectivity index (χ2n) is 7.12. The second kappa shape index (κ2) is 9.99. The number of carbonyl (C=O) groups is 3. The number of ether oxygens (including phenoxy) is 2. The Morgan fingerprint density at radius 1 is 1.27 bits per heavy atom. The summed E-state index contributed by atoms with van der Waals surface area (Å²) >= 11 is 0.800. The van der Waals surface area contributed by atoms with E-state index < -0.39 is 11.1 Å². The summed E-state index contributed by atoms with van der Waals surface area (Å²) in [6.07, 6.45) is 4.78. The van der Waals surface area contributed by atoms with Crippen LogP contribution in [0.2, 0.25) is 0 Å². The van der Waals surface area contributed by atoms with Gasteiger partial charge >= 0.3 is 0 Å². The van der Waals surface area contributed by atoms with Crippen molar-refractivity contribution in [3.05, 3.63) is 28.7 Å². The van der Waals surface area contributed by atoms with Crippen LogP contribution in [0.3, 0.4) is 0 Å². The van der Waals surface area contributed by atoms with Crippen LogP contribution in [-0.2, 0) is 9.59 Å². The Bertz CT molecular complexity index is 854. The maximum absolute atomic E-state index is 12.8. The van der Waals surface area contributed by atoms with E-state index in [1.54, 1.807) is 29.2 Å². The largest absolute Gasteiger partial charge is 0.497 e. The maximum Gasteiger partial charge on any atom is 0.294 e. The lowest BCUT2D eigenvalue weighted by atomic mass is 9.99. The van der Waals surface area contributed by atoms with Crippen molar-refractivity contribution in [3.8, 4) is 11.5 Å². The Morgan fingerprint density at radius 2 is 2.07 bits per heavy atom. The number of aliphatic hydroxyl groups excluding tert-OH is 1. The maximum atomic E-state index is 12.8. The van der Waals surface area contributed by atoms with Gasteiger partial charge in [0, 0.05) is 24.8 Å². The molecule has 9 heteroatoms. The number of benzene rings is 1. The number of aliphatic hydroxyl groups is 1. The molecular weight excluding hydrogens is 408 g/mol. The number of likely N-dealkylation sites (tertiary alicyclic amines) is 1. The summed E-state index contributed by atoms with van der Waals surface area (Å²) in [5, 5.41) is 8.78. The predicted octanol–water partition coefficient (Wildman–Crippen LogP) is 2.50. The standard InChI is InChI=1S/C21H26N2O6S/c1-28-16-6-7-17(29-2)14(11-16)12-18-20(26)23(21(27)30-18)13-19(25)22-9-4-3-5-15(22)8-10-24/h6-7,11-12,15,24H,3-5,8-10,13H2,1-2H3/b18-12-. The Labute approximate surface area is 179 Å². The molecule has 3 rings (SSSR count). The van der Waals surface area contributed by atoms with Crippen LogP contribution in [0.1, 0.15) is 31.2 Å². The van der Waals surface area contributed by atoms with Gasteiger partial charge in [-0.05, 0) is 61.7 Å². The fourth-order valence-corrected chi connectivity index (χ4v) is 4.56. The summed E-state index contributed by atoms with van der Waals surface area (Å²) in [5.74, 6) is 0.366. The van der Waals surface area contributed by atoms with Crippen molar-refractivity contribution in [1.29, 1.82) is 0 Å². The van der Waals surface area contributed by atoms with Crippen LogP contribution in [0.5, 0.6) is 11.5 Å². The van der Waals surface area contributed by atoms with Gasteiger partial charge in [0.25, 0.3) is 11.1 Å². The minimum absolute atomic E-state index is 0.00112. The monoisotopic (exact) mass is 434 g/mol. The molecule has 2 fully saturated rings. The Hall–Kier alpha value is -2.52. The predicted molar refractivity (Wildman–Crippen MR) is 113 cm³/mol. The first kappa shape index (κ1) is 22.2. The third-order valence-electron chi connectivity index (χ3n) is 5.30. The van der Waals surface area contributed by atoms with Gasteiger partial charge in [0.15, 0.2) is 0 Å². The van der Waals surface area contributed by atoms with E-state index in [1.807, 2.05) is 0 Å². The van der Waals surface area contributed by atoms with Gasteiger partial charge < -0.3 is 19.5 Å². The van der Waals surface area contributed by atoms with Crippen LogP contribution >= 0.6 is 11.8 Å². The molecule has 2 aliphatic heterocycles. The van der Waals surface area contributed by atoms with E-state index in [-0.39, 0.29) is 30.0 Å². The first-order valence-electron chi connectivity index (χ1n) is 9.86.